The van der Waals surface area contributed by atoms with Crippen molar-refractivity contribution >= 4 is 31.9 Å². The summed E-state index contributed by atoms with van der Waals surface area (Å²) in [5.41, 5.74) is 1.58. The molecule has 0 N–H and O–H groups in total. The van der Waals surface area contributed by atoms with Gasteiger partial charge in [0.1, 0.15) is 17.3 Å². The number of ether oxygens (including phenoxy) is 3. The third kappa shape index (κ3) is 5.63. The normalized spacial score (nSPS) is 15.4. The van der Waals surface area contributed by atoms with E-state index in [4.69, 9.17) is 14.2 Å². The number of carbonyl (C=O) groups is 1. The van der Waals surface area contributed by atoms with Gasteiger partial charge < -0.3 is 14.2 Å². The molecule has 198 valence electrons. The van der Waals surface area contributed by atoms with Crippen LogP contribution in [0.3, 0.4) is 0 Å². The van der Waals surface area contributed by atoms with E-state index < -0.39 is 27.9 Å². The Bertz CT molecular complexity index is 1410. The number of sulfonamides is 1. The lowest BCUT2D eigenvalue weighted by molar-refractivity contribution is -0.144. The van der Waals surface area contributed by atoms with E-state index in [1.54, 1.807) is 17.8 Å². The molecule has 0 saturated heterocycles. The van der Waals surface area contributed by atoms with E-state index in [1.165, 1.54) is 48.9 Å². The monoisotopic (exact) mass is 596 g/mol. The molecule has 1 atom stereocenters. The van der Waals surface area contributed by atoms with Crippen LogP contribution in [0, 0.1) is 5.82 Å². The van der Waals surface area contributed by atoms with Crippen molar-refractivity contribution in [1.82, 2.24) is 19.1 Å². The van der Waals surface area contributed by atoms with E-state index in [1.807, 2.05) is 0 Å². The van der Waals surface area contributed by atoms with Gasteiger partial charge in [-0.1, -0.05) is 0 Å². The average molecular weight is 597 g/mol. The Balaban J connectivity index is 1.57. The van der Waals surface area contributed by atoms with Crippen molar-refractivity contribution in [2.75, 3.05) is 20.8 Å². The second-order valence-electron chi connectivity index (χ2n) is 8.29. The van der Waals surface area contributed by atoms with Gasteiger partial charge in [0.15, 0.2) is 11.5 Å². The molecule has 0 fully saturated rings. The number of nitrogens with zero attached hydrogens (tertiary/aromatic N) is 4. The van der Waals surface area contributed by atoms with E-state index in [0.29, 0.717) is 17.3 Å². The smallest absolute Gasteiger partial charge is 0.327 e. The summed E-state index contributed by atoms with van der Waals surface area (Å²) in [4.78, 5) is 16.1. The molecule has 0 spiro atoms. The fourth-order valence-corrected chi connectivity index (χ4v) is 6.15. The molecule has 1 aromatic carbocycles. The third-order valence-electron chi connectivity index (χ3n) is 6.05. The van der Waals surface area contributed by atoms with Gasteiger partial charge in [0.25, 0.3) is 0 Å². The highest BCUT2D eigenvalue weighted by atomic mass is 79.9. The first-order valence-corrected chi connectivity index (χ1v) is 13.7. The average Bonchev–Trinajstić information content (AvgIpc) is 3.28. The number of carbonyl (C=O) groups excluding carboxylic acids is 1. The molecule has 2 heterocycles. The molecular weight excluding hydrogens is 571 g/mol. The number of hydrogen-bond donors (Lipinski definition) is 0. The molecule has 0 saturated carbocycles. The van der Waals surface area contributed by atoms with Crippen molar-refractivity contribution in [2.24, 2.45) is 0 Å². The highest BCUT2D eigenvalue weighted by Crippen LogP contribution is 2.38. The molecule has 1 aliphatic rings. The number of halogens is 2. The van der Waals surface area contributed by atoms with Crippen LogP contribution in [0.25, 0.3) is 0 Å². The Morgan fingerprint density at radius 3 is 2.76 bits per heavy atom. The van der Waals surface area contributed by atoms with E-state index in [-0.39, 0.29) is 35.4 Å². The Morgan fingerprint density at radius 2 is 2.05 bits per heavy atom. The van der Waals surface area contributed by atoms with Gasteiger partial charge in [-0.2, -0.15) is 9.40 Å². The second kappa shape index (κ2) is 11.2. The van der Waals surface area contributed by atoms with Gasteiger partial charge in [-0.15, -0.1) is 0 Å². The van der Waals surface area contributed by atoms with Gasteiger partial charge in [-0.25, -0.2) is 17.8 Å². The lowest BCUT2D eigenvalue weighted by Crippen LogP contribution is -2.33. The topological polar surface area (TPSA) is 113 Å². The predicted molar refractivity (Wildman–Crippen MR) is 134 cm³/mol. The Morgan fingerprint density at radius 1 is 1.27 bits per heavy atom. The minimum Gasteiger partial charge on any atom is -0.493 e. The van der Waals surface area contributed by atoms with Gasteiger partial charge in [0, 0.05) is 24.4 Å². The maximum atomic E-state index is 13.5. The zero-order chi connectivity index (χ0) is 26.7. The van der Waals surface area contributed by atoms with Crippen LogP contribution in [0.5, 0.6) is 17.4 Å². The number of aromatic nitrogens is 3. The molecule has 0 amide bonds. The van der Waals surface area contributed by atoms with Crippen LogP contribution < -0.4 is 9.47 Å². The molecular formula is C24H26BrFN4O6S. The summed E-state index contributed by atoms with van der Waals surface area (Å²) in [5, 5.41) is 4.32. The SMILES string of the molecule is CCOC(=O)Cn1ncc2c1CCC[C@H]2N(C)S(=O)(=O)c1cnc(Oc2ccc(F)cc2OC)c(Br)c1. The summed E-state index contributed by atoms with van der Waals surface area (Å²) in [6.45, 7) is 1.98. The summed E-state index contributed by atoms with van der Waals surface area (Å²) in [6, 6.07) is 4.72. The minimum atomic E-state index is -3.95. The molecule has 4 rings (SSSR count). The molecule has 0 unspecified atom stereocenters. The second-order valence-corrected chi connectivity index (χ2v) is 11.1. The molecule has 1 aliphatic carbocycles. The number of rotatable bonds is 9. The van der Waals surface area contributed by atoms with Gasteiger partial charge in [0.2, 0.25) is 15.9 Å². The molecule has 0 bridgehead atoms. The molecule has 10 nitrogen and oxygen atoms in total. The lowest BCUT2D eigenvalue weighted by Gasteiger charge is -2.30. The van der Waals surface area contributed by atoms with Crippen LogP contribution in [-0.2, 0) is 32.5 Å². The first-order chi connectivity index (χ1) is 17.6. The van der Waals surface area contributed by atoms with Crippen molar-refractivity contribution < 1.29 is 31.8 Å². The zero-order valence-electron chi connectivity index (χ0n) is 20.5. The Kier molecular flexibility index (Phi) is 8.14. The van der Waals surface area contributed by atoms with Crippen molar-refractivity contribution in [3.05, 3.63) is 58.2 Å². The van der Waals surface area contributed by atoms with Crippen molar-refractivity contribution in [3.8, 4) is 17.4 Å². The van der Waals surface area contributed by atoms with Gasteiger partial charge >= 0.3 is 5.97 Å². The quantitative estimate of drug-likeness (QED) is 0.337. The maximum Gasteiger partial charge on any atom is 0.327 e. The number of pyridine rings is 1. The standard InChI is InChI=1S/C24H26BrFN4O6S/c1-4-35-23(31)14-30-20-7-5-6-19(17(20)13-28-30)29(2)37(32,33)16-11-18(25)24(27-12-16)36-21-9-8-15(26)10-22(21)34-3/h8-13,19H,4-7,14H2,1-3H3/t19-/m1/s1. The highest BCUT2D eigenvalue weighted by molar-refractivity contribution is 9.10. The van der Waals surface area contributed by atoms with Gasteiger partial charge in [-0.05, 0) is 60.3 Å². The molecule has 3 aromatic rings. The van der Waals surface area contributed by atoms with Crippen LogP contribution in [0.2, 0.25) is 0 Å². The Labute approximate surface area is 222 Å². The van der Waals surface area contributed by atoms with Crippen LogP contribution in [0.15, 0.2) is 46.0 Å². The molecule has 2 aromatic heterocycles. The van der Waals surface area contributed by atoms with Crippen LogP contribution in [0.4, 0.5) is 4.39 Å². The fourth-order valence-electron chi connectivity index (χ4n) is 4.23. The summed E-state index contributed by atoms with van der Waals surface area (Å²) >= 11 is 3.33. The third-order valence-corrected chi connectivity index (χ3v) is 8.45. The molecule has 13 heteroatoms. The van der Waals surface area contributed by atoms with Crippen molar-refractivity contribution in [2.45, 2.75) is 43.7 Å². The van der Waals surface area contributed by atoms with E-state index in [0.717, 1.165) is 17.7 Å². The van der Waals surface area contributed by atoms with Crippen molar-refractivity contribution in [3.63, 3.8) is 0 Å². The van der Waals surface area contributed by atoms with E-state index in [2.05, 4.69) is 26.0 Å². The Hall–Kier alpha value is -3.03. The summed E-state index contributed by atoms with van der Waals surface area (Å²) in [7, 11) is -1.06. The summed E-state index contributed by atoms with van der Waals surface area (Å²) in [5.74, 6) is -0.404. The largest absolute Gasteiger partial charge is 0.493 e. The first-order valence-electron chi connectivity index (χ1n) is 11.5. The van der Waals surface area contributed by atoms with Crippen LogP contribution >= 0.6 is 15.9 Å². The van der Waals surface area contributed by atoms with E-state index in [9.17, 15) is 17.6 Å². The number of benzene rings is 1. The maximum absolute atomic E-state index is 13.5. The number of methoxy groups -OCH3 is 1. The van der Waals surface area contributed by atoms with Gasteiger partial charge in [0.05, 0.1) is 36.6 Å². The number of esters is 1. The van der Waals surface area contributed by atoms with E-state index >= 15 is 0 Å². The predicted octanol–water partition coefficient (Wildman–Crippen LogP) is 4.24. The molecule has 0 aliphatic heterocycles. The minimum absolute atomic E-state index is 0.0243. The molecule has 0 radical (unpaired) electrons. The lowest BCUT2D eigenvalue weighted by atomic mass is 9.93. The summed E-state index contributed by atoms with van der Waals surface area (Å²) in [6.07, 6.45) is 4.85. The number of hydrogen-bond acceptors (Lipinski definition) is 8. The van der Waals surface area contributed by atoms with Crippen LogP contribution in [-0.4, -0.2) is 54.2 Å². The zero-order valence-corrected chi connectivity index (χ0v) is 22.9. The first kappa shape index (κ1) is 27.0. The highest BCUT2D eigenvalue weighted by Gasteiger charge is 2.35. The number of fused-ring (bicyclic) bond motifs is 1. The summed E-state index contributed by atoms with van der Waals surface area (Å²) < 4.78 is 59.6. The van der Waals surface area contributed by atoms with Crippen LogP contribution in [0.1, 0.15) is 37.1 Å². The molecule has 37 heavy (non-hydrogen) atoms. The van der Waals surface area contributed by atoms with Gasteiger partial charge in [-0.3, -0.25) is 9.48 Å². The fraction of sp³-hybridized carbons (Fsp3) is 0.375. The van der Waals surface area contributed by atoms with Crippen molar-refractivity contribution in [1.29, 1.82) is 0 Å².